The lowest BCUT2D eigenvalue weighted by atomic mass is 9.82. The van der Waals surface area contributed by atoms with E-state index in [1.807, 2.05) is 0 Å². The molecule has 0 atom stereocenters. The van der Waals surface area contributed by atoms with Gasteiger partial charge in [0.1, 0.15) is 24.6 Å². The third-order valence-corrected chi connectivity index (χ3v) is 10.8. The molecule has 0 amide bonds. The Morgan fingerprint density at radius 2 is 1.55 bits per heavy atom. The van der Waals surface area contributed by atoms with Crippen LogP contribution in [-0.2, 0) is 25.7 Å². The van der Waals surface area contributed by atoms with Crippen molar-refractivity contribution in [3.63, 3.8) is 0 Å². The monoisotopic (exact) mass is 631 g/mol. The summed E-state index contributed by atoms with van der Waals surface area (Å²) < 4.78 is 9.57. The molecule has 3 aromatic rings. The highest BCUT2D eigenvalue weighted by Gasteiger charge is 2.37. The van der Waals surface area contributed by atoms with Gasteiger partial charge in [-0.2, -0.15) is 0 Å². The molecule has 0 radical (unpaired) electrons. The van der Waals surface area contributed by atoms with Crippen LogP contribution in [0.15, 0.2) is 18.2 Å². The molecule has 5 aliphatic rings. The maximum atomic E-state index is 12.9. The average Bonchev–Trinajstić information content (AvgIpc) is 3.35. The Hall–Kier alpha value is -3.55. The van der Waals surface area contributed by atoms with E-state index in [0.29, 0.717) is 5.57 Å². The Balaban J connectivity index is 1.58. The number of fused-ring (bicyclic) bond motifs is 4. The van der Waals surface area contributed by atoms with Gasteiger partial charge in [0.15, 0.2) is 0 Å². The van der Waals surface area contributed by atoms with E-state index >= 15 is 0 Å². The molecule has 3 aromatic carbocycles. The smallest absolute Gasteiger partial charge is 0.337 e. The van der Waals surface area contributed by atoms with Crippen molar-refractivity contribution in [2.45, 2.75) is 64.2 Å². The number of aromatic carboxylic acids is 2. The van der Waals surface area contributed by atoms with Gasteiger partial charge in [-0.25, -0.2) is 14.2 Å². The van der Waals surface area contributed by atoms with Crippen LogP contribution in [0.4, 0.5) is 5.69 Å². The van der Waals surface area contributed by atoms with Gasteiger partial charge in [-0.15, -0.1) is 0 Å². The first-order chi connectivity index (χ1) is 21.3. The summed E-state index contributed by atoms with van der Waals surface area (Å²) in [4.78, 5) is 27.8. The van der Waals surface area contributed by atoms with E-state index in [4.69, 9.17) is 27.9 Å². The van der Waals surface area contributed by atoms with E-state index < -0.39 is 11.9 Å². The largest absolute Gasteiger partial charge is 0.478 e. The molecule has 5 heterocycles. The van der Waals surface area contributed by atoms with E-state index in [-0.39, 0.29) is 26.7 Å². The van der Waals surface area contributed by atoms with Crippen molar-refractivity contribution in [1.82, 2.24) is 4.58 Å². The standard InChI is InChI=1S/C35H32Cl2N2O5/c36-25-17-24(34(40)41)29(37)28(27(25)35(42)43)26-22-15-18-7-1-3-11-38-13-5-9-20(30(18)38)32(22)44-33-21-10-6-14-39-12-4-2-8-19(31(21)39)16-23(26)33/h15-17H,1-14H2,(H-,40,41,42,43)/p+1. The molecule has 0 fully saturated rings. The van der Waals surface area contributed by atoms with Crippen molar-refractivity contribution in [2.75, 3.05) is 31.1 Å². The van der Waals surface area contributed by atoms with Gasteiger partial charge in [0.05, 0.1) is 26.7 Å². The molecule has 44 heavy (non-hydrogen) atoms. The van der Waals surface area contributed by atoms with Crippen LogP contribution in [0.1, 0.15) is 92.6 Å². The molecule has 0 spiro atoms. The quantitative estimate of drug-likeness (QED) is 0.286. The number of carbonyl (C=O) groups is 2. The van der Waals surface area contributed by atoms with Gasteiger partial charge in [0.2, 0.25) is 5.36 Å². The summed E-state index contributed by atoms with van der Waals surface area (Å²) in [5.41, 5.74) is 7.11. The molecular weight excluding hydrogens is 599 g/mol. The fourth-order valence-electron chi connectivity index (χ4n) is 8.32. The van der Waals surface area contributed by atoms with Crippen LogP contribution < -0.4 is 24.8 Å². The topological polar surface area (TPSA) is 90.1 Å². The number of ether oxygens (including phenoxy) is 1. The molecule has 0 bridgehead atoms. The summed E-state index contributed by atoms with van der Waals surface area (Å²) in [5.74, 6) is -1.04. The number of rotatable bonds is 3. The lowest BCUT2D eigenvalue weighted by Gasteiger charge is -2.36. The zero-order chi connectivity index (χ0) is 30.3. The van der Waals surface area contributed by atoms with Crippen molar-refractivity contribution in [2.24, 2.45) is 0 Å². The van der Waals surface area contributed by atoms with Gasteiger partial charge in [0, 0.05) is 64.7 Å². The first-order valence-corrected chi connectivity index (χ1v) is 16.5. The minimum Gasteiger partial charge on any atom is -0.478 e. The summed E-state index contributed by atoms with van der Waals surface area (Å²) in [5, 5.41) is 22.4. The summed E-state index contributed by atoms with van der Waals surface area (Å²) in [6.45, 7) is 4.02. The minimum atomic E-state index is -1.26. The Morgan fingerprint density at radius 1 is 0.795 bits per heavy atom. The molecule has 0 aliphatic carbocycles. The summed E-state index contributed by atoms with van der Waals surface area (Å²) in [7, 11) is 0. The number of halogens is 2. The molecule has 0 aromatic heterocycles. The predicted molar refractivity (Wildman–Crippen MR) is 170 cm³/mol. The van der Waals surface area contributed by atoms with Crippen LogP contribution in [0.2, 0.25) is 10.0 Å². The summed E-state index contributed by atoms with van der Waals surface area (Å²) >= 11 is 13.6. The number of aryl methyl sites for hydroxylation is 2. The lowest BCUT2D eigenvalue weighted by molar-refractivity contribution is 0.0681. The zero-order valence-electron chi connectivity index (χ0n) is 24.4. The molecule has 7 nitrogen and oxygen atoms in total. The van der Waals surface area contributed by atoms with Crippen LogP contribution in [0, 0.1) is 0 Å². The number of nitrogens with zero attached hydrogens (tertiary/aromatic N) is 2. The highest BCUT2D eigenvalue weighted by atomic mass is 35.5. The van der Waals surface area contributed by atoms with Crippen molar-refractivity contribution >= 4 is 46.4 Å². The normalized spacial score (nSPS) is 18.3. The lowest BCUT2D eigenvalue weighted by Crippen LogP contribution is -2.41. The molecule has 9 heteroatoms. The maximum Gasteiger partial charge on any atom is 0.337 e. The maximum absolute atomic E-state index is 12.9. The minimum absolute atomic E-state index is 0.122. The van der Waals surface area contributed by atoms with Gasteiger partial charge in [0.25, 0.3) is 0 Å². The molecule has 0 saturated heterocycles. The van der Waals surface area contributed by atoms with E-state index in [1.165, 1.54) is 22.2 Å². The third-order valence-electron chi connectivity index (χ3n) is 10.1. The molecule has 226 valence electrons. The van der Waals surface area contributed by atoms with Crippen LogP contribution in [-0.4, -0.2) is 48.3 Å². The second-order valence-corrected chi connectivity index (χ2v) is 13.4. The summed E-state index contributed by atoms with van der Waals surface area (Å²) in [6.07, 6.45) is 9.86. The van der Waals surface area contributed by atoms with Gasteiger partial charge in [-0.1, -0.05) is 23.2 Å². The van der Waals surface area contributed by atoms with E-state index in [1.54, 1.807) is 0 Å². The van der Waals surface area contributed by atoms with Crippen LogP contribution >= 0.6 is 23.2 Å². The first kappa shape index (κ1) is 28.0. The highest BCUT2D eigenvalue weighted by molar-refractivity contribution is 6.39. The SMILES string of the molecule is O=C(O)c1cc(Cl)c(C(=O)O)c(C2=c3cc4c5c(c3Oc3c2cc2c6c3CCCN6CCCC2)CCC[N+]=5CCCC4)c1Cl. The molecule has 2 N–H and O–H groups in total. The number of benzene rings is 3. The Labute approximate surface area is 265 Å². The van der Waals surface area contributed by atoms with E-state index in [0.717, 1.165) is 130 Å². The highest BCUT2D eigenvalue weighted by Crippen LogP contribution is 2.50. The zero-order valence-corrected chi connectivity index (χ0v) is 25.9. The number of carboxylic acids is 2. The number of carboxylic acid groups (broad SMARTS) is 2. The molecule has 8 rings (SSSR count). The molecule has 0 unspecified atom stereocenters. The Bertz CT molecular complexity index is 1950. The van der Waals surface area contributed by atoms with Crippen LogP contribution in [0.25, 0.3) is 5.57 Å². The Morgan fingerprint density at radius 3 is 2.36 bits per heavy atom. The van der Waals surface area contributed by atoms with Crippen molar-refractivity contribution in [1.29, 1.82) is 0 Å². The fraction of sp³-hybridized carbons (Fsp3) is 0.400. The van der Waals surface area contributed by atoms with Crippen LogP contribution in [0.3, 0.4) is 0 Å². The van der Waals surface area contributed by atoms with Crippen molar-refractivity contribution < 1.29 is 24.5 Å². The first-order valence-electron chi connectivity index (χ1n) is 15.8. The van der Waals surface area contributed by atoms with Gasteiger partial charge < -0.3 is 19.8 Å². The third kappa shape index (κ3) is 4.12. The number of hydrogen-bond donors (Lipinski definition) is 2. The Kier molecular flexibility index (Phi) is 6.69. The van der Waals surface area contributed by atoms with Crippen molar-refractivity contribution in [3.05, 3.63) is 83.3 Å². The number of hydrogen-bond acceptors (Lipinski definition) is 4. The van der Waals surface area contributed by atoms with Gasteiger partial charge in [-0.3, -0.25) is 0 Å². The molecule has 5 aliphatic heterocycles. The molecule has 0 saturated carbocycles. The van der Waals surface area contributed by atoms with E-state index in [2.05, 4.69) is 21.6 Å². The van der Waals surface area contributed by atoms with Gasteiger partial charge >= 0.3 is 11.9 Å². The van der Waals surface area contributed by atoms with E-state index in [9.17, 15) is 19.8 Å². The van der Waals surface area contributed by atoms with Crippen molar-refractivity contribution in [3.8, 4) is 11.5 Å². The predicted octanol–water partition coefficient (Wildman–Crippen LogP) is 5.61. The van der Waals surface area contributed by atoms with Gasteiger partial charge in [-0.05, 0) is 75.1 Å². The fourth-order valence-corrected chi connectivity index (χ4v) is 8.93. The second kappa shape index (κ2) is 10.5. The molecular formula is C35H33Cl2N2O5+. The summed E-state index contributed by atoms with van der Waals surface area (Å²) in [6, 6.07) is 5.46. The van der Waals surface area contributed by atoms with Crippen LogP contribution in [0.5, 0.6) is 11.5 Å². The second-order valence-electron chi connectivity index (χ2n) is 12.6. The average molecular weight is 633 g/mol. The number of anilines is 1.